The fourth-order valence-corrected chi connectivity index (χ4v) is 1.04. The van der Waals surface area contributed by atoms with Crippen LogP contribution in [0.5, 0.6) is 0 Å². The van der Waals surface area contributed by atoms with Crippen LogP contribution >= 0.6 is 0 Å². The monoisotopic (exact) mass is 192 g/mol. The van der Waals surface area contributed by atoms with Gasteiger partial charge < -0.3 is 10.4 Å². The summed E-state index contributed by atoms with van der Waals surface area (Å²) >= 11 is 0. The number of hydrogen-bond acceptors (Lipinski definition) is 3. The molecule has 0 aliphatic carbocycles. The van der Waals surface area contributed by atoms with E-state index in [0.29, 0.717) is 5.69 Å². The van der Waals surface area contributed by atoms with Gasteiger partial charge in [-0.1, -0.05) is 0 Å². The smallest absolute Gasteiger partial charge is 0.328 e. The Labute approximate surface area is 82.3 Å². The number of carboxylic acids is 1. The van der Waals surface area contributed by atoms with E-state index in [1.807, 2.05) is 13.0 Å². The lowest BCUT2D eigenvalue weighted by atomic mass is 10.2. The Morgan fingerprint density at radius 2 is 2.50 bits per heavy atom. The molecule has 1 aromatic rings. The third-order valence-corrected chi connectivity index (χ3v) is 1.59. The van der Waals surface area contributed by atoms with Crippen LogP contribution in [0.4, 0.5) is 5.69 Å². The number of aliphatic carboxylic acids is 1. The van der Waals surface area contributed by atoms with Crippen molar-refractivity contribution in [3.8, 4) is 0 Å². The van der Waals surface area contributed by atoms with E-state index >= 15 is 0 Å². The lowest BCUT2D eigenvalue weighted by Gasteiger charge is -2.04. The minimum atomic E-state index is -0.974. The number of aromatic nitrogens is 1. The third-order valence-electron chi connectivity index (χ3n) is 1.59. The minimum Gasteiger partial charge on any atom is -0.478 e. The van der Waals surface area contributed by atoms with Crippen molar-refractivity contribution in [1.82, 2.24) is 4.98 Å². The largest absolute Gasteiger partial charge is 0.478 e. The van der Waals surface area contributed by atoms with E-state index in [2.05, 4.69) is 10.3 Å². The van der Waals surface area contributed by atoms with Gasteiger partial charge in [0.15, 0.2) is 0 Å². The molecule has 2 N–H and O–H groups in total. The molecule has 0 atom stereocenters. The number of carbonyl (C=O) groups is 1. The van der Waals surface area contributed by atoms with Crippen LogP contribution < -0.4 is 5.32 Å². The van der Waals surface area contributed by atoms with Crippen molar-refractivity contribution in [3.63, 3.8) is 0 Å². The summed E-state index contributed by atoms with van der Waals surface area (Å²) in [6.45, 7) is 2.75. The number of nitrogens with zero attached hydrogens (tertiary/aromatic N) is 1. The Morgan fingerprint density at radius 1 is 1.71 bits per heavy atom. The quantitative estimate of drug-likeness (QED) is 0.711. The second-order valence-electron chi connectivity index (χ2n) is 2.64. The second-order valence-corrected chi connectivity index (χ2v) is 2.64. The Balaban J connectivity index is 2.89. The van der Waals surface area contributed by atoms with Gasteiger partial charge >= 0.3 is 5.97 Å². The highest BCUT2D eigenvalue weighted by Gasteiger charge is 1.98. The van der Waals surface area contributed by atoms with E-state index in [0.717, 1.165) is 18.3 Å². The molecular weight excluding hydrogens is 180 g/mol. The number of rotatable bonds is 4. The van der Waals surface area contributed by atoms with Crippen LogP contribution in [-0.2, 0) is 4.79 Å². The lowest BCUT2D eigenvalue weighted by molar-refractivity contribution is -0.131. The van der Waals surface area contributed by atoms with Crippen molar-refractivity contribution in [2.24, 2.45) is 0 Å². The molecule has 0 fully saturated rings. The van der Waals surface area contributed by atoms with Gasteiger partial charge in [0.2, 0.25) is 0 Å². The zero-order chi connectivity index (χ0) is 10.4. The summed E-state index contributed by atoms with van der Waals surface area (Å²) in [7, 11) is 0. The van der Waals surface area contributed by atoms with Crippen LogP contribution in [0.25, 0.3) is 6.08 Å². The highest BCUT2D eigenvalue weighted by atomic mass is 16.4. The number of hydrogen-bond donors (Lipinski definition) is 2. The first-order valence-corrected chi connectivity index (χ1v) is 4.34. The van der Waals surface area contributed by atoms with E-state index in [9.17, 15) is 4.79 Å². The van der Waals surface area contributed by atoms with Crippen molar-refractivity contribution in [2.75, 3.05) is 11.9 Å². The summed E-state index contributed by atoms with van der Waals surface area (Å²) in [6, 6.07) is 3.66. The number of pyridine rings is 1. The third kappa shape index (κ3) is 2.90. The number of anilines is 1. The maximum Gasteiger partial charge on any atom is 0.328 e. The normalized spacial score (nSPS) is 10.4. The molecule has 4 nitrogen and oxygen atoms in total. The molecule has 0 aliphatic heterocycles. The zero-order valence-electron chi connectivity index (χ0n) is 7.90. The maximum atomic E-state index is 10.3. The lowest BCUT2D eigenvalue weighted by Crippen LogP contribution is -1.99. The first kappa shape index (κ1) is 10.2. The van der Waals surface area contributed by atoms with Gasteiger partial charge in [0, 0.05) is 18.8 Å². The fraction of sp³-hybridized carbons (Fsp3) is 0.200. The molecule has 0 radical (unpaired) electrons. The Morgan fingerprint density at radius 3 is 3.14 bits per heavy atom. The van der Waals surface area contributed by atoms with Gasteiger partial charge in [-0.3, -0.25) is 4.98 Å². The molecule has 0 spiro atoms. The zero-order valence-corrected chi connectivity index (χ0v) is 7.90. The van der Waals surface area contributed by atoms with Gasteiger partial charge in [-0.15, -0.1) is 0 Å². The molecule has 74 valence electrons. The molecule has 0 saturated carbocycles. The molecular formula is C10H12N2O2. The molecule has 0 aliphatic rings. The van der Waals surface area contributed by atoms with Gasteiger partial charge in [-0.2, -0.15) is 0 Å². The van der Waals surface area contributed by atoms with Gasteiger partial charge in [0.1, 0.15) is 0 Å². The van der Waals surface area contributed by atoms with E-state index in [1.54, 1.807) is 12.3 Å². The summed E-state index contributed by atoms with van der Waals surface area (Å²) in [5.41, 5.74) is 1.48. The highest BCUT2D eigenvalue weighted by molar-refractivity contribution is 5.86. The van der Waals surface area contributed by atoms with Crippen molar-refractivity contribution in [2.45, 2.75) is 6.92 Å². The topological polar surface area (TPSA) is 62.2 Å². The van der Waals surface area contributed by atoms with Crippen LogP contribution in [0.15, 0.2) is 24.4 Å². The number of carboxylic acid groups (broad SMARTS) is 1. The van der Waals surface area contributed by atoms with Crippen LogP contribution in [0.1, 0.15) is 12.6 Å². The predicted molar refractivity (Wildman–Crippen MR) is 55.1 cm³/mol. The molecule has 1 rings (SSSR count). The molecule has 1 heterocycles. The summed E-state index contributed by atoms with van der Waals surface area (Å²) < 4.78 is 0. The van der Waals surface area contributed by atoms with Crippen molar-refractivity contribution in [1.29, 1.82) is 0 Å². The molecule has 0 unspecified atom stereocenters. The first-order valence-electron chi connectivity index (χ1n) is 4.34. The molecule has 0 aromatic carbocycles. The minimum absolute atomic E-state index is 0.636. The number of nitrogens with one attached hydrogen (secondary N) is 1. The summed E-state index contributed by atoms with van der Waals surface area (Å²) in [5.74, 6) is -0.974. The highest BCUT2D eigenvalue weighted by Crippen LogP contribution is 2.12. The summed E-state index contributed by atoms with van der Waals surface area (Å²) in [6.07, 6.45) is 4.17. The van der Waals surface area contributed by atoms with Gasteiger partial charge in [0.25, 0.3) is 0 Å². The molecule has 0 amide bonds. The molecule has 14 heavy (non-hydrogen) atoms. The van der Waals surface area contributed by atoms with E-state index in [1.165, 1.54) is 6.08 Å². The maximum absolute atomic E-state index is 10.3. The average Bonchev–Trinajstić information content (AvgIpc) is 2.17. The van der Waals surface area contributed by atoms with Crippen molar-refractivity contribution >= 4 is 17.7 Å². The van der Waals surface area contributed by atoms with Crippen LogP contribution in [0.3, 0.4) is 0 Å². The Kier molecular flexibility index (Phi) is 3.67. The predicted octanol–water partition coefficient (Wildman–Crippen LogP) is 1.61. The molecule has 0 saturated heterocycles. The van der Waals surface area contributed by atoms with Gasteiger partial charge in [0.05, 0.1) is 11.4 Å². The van der Waals surface area contributed by atoms with Gasteiger partial charge in [-0.05, 0) is 25.1 Å². The first-order chi connectivity index (χ1) is 6.74. The van der Waals surface area contributed by atoms with Crippen molar-refractivity contribution in [3.05, 3.63) is 30.1 Å². The molecule has 1 aromatic heterocycles. The molecule has 0 bridgehead atoms. The molecule has 4 heteroatoms. The standard InChI is InChI=1S/C10H12N2O2/c1-2-11-8-4-3-7-12-9(8)5-6-10(13)14/h3-7,11H,2H2,1H3,(H,13,14). The summed E-state index contributed by atoms with van der Waals surface area (Å²) in [4.78, 5) is 14.4. The van der Waals surface area contributed by atoms with Crippen molar-refractivity contribution < 1.29 is 9.90 Å². The van der Waals surface area contributed by atoms with Crippen LogP contribution in [0, 0.1) is 0 Å². The average molecular weight is 192 g/mol. The second kappa shape index (κ2) is 5.01. The van der Waals surface area contributed by atoms with E-state index in [-0.39, 0.29) is 0 Å². The SMILES string of the molecule is CCNc1cccnc1C=CC(=O)O. The van der Waals surface area contributed by atoms with Gasteiger partial charge in [-0.25, -0.2) is 4.79 Å². The Hall–Kier alpha value is -1.84. The van der Waals surface area contributed by atoms with E-state index in [4.69, 9.17) is 5.11 Å². The van der Waals surface area contributed by atoms with Crippen LogP contribution in [-0.4, -0.2) is 22.6 Å². The summed E-state index contributed by atoms with van der Waals surface area (Å²) in [5, 5.41) is 11.6. The van der Waals surface area contributed by atoms with E-state index < -0.39 is 5.97 Å². The Bertz CT molecular complexity index is 348. The van der Waals surface area contributed by atoms with Crippen LogP contribution in [0.2, 0.25) is 0 Å². The fourth-order valence-electron chi connectivity index (χ4n) is 1.04.